The van der Waals surface area contributed by atoms with Crippen LogP contribution in [-0.4, -0.2) is 73.2 Å². The van der Waals surface area contributed by atoms with Crippen LogP contribution in [0.4, 0.5) is 4.79 Å². The number of hydrogen-bond acceptors (Lipinski definition) is 3. The largest absolute Gasteiger partial charge is 0.378 e. The van der Waals surface area contributed by atoms with Crippen molar-refractivity contribution in [3.05, 3.63) is 34.3 Å². The quantitative estimate of drug-likeness (QED) is 0.802. The topological polar surface area (TPSA) is 36.0 Å². The van der Waals surface area contributed by atoms with Gasteiger partial charge in [-0.3, -0.25) is 4.90 Å². The van der Waals surface area contributed by atoms with Crippen molar-refractivity contribution in [1.29, 1.82) is 0 Å². The summed E-state index contributed by atoms with van der Waals surface area (Å²) in [5.74, 6) is 0. The van der Waals surface area contributed by atoms with Crippen LogP contribution in [0, 0.1) is 0 Å². The maximum absolute atomic E-state index is 12.4. The average Bonchev–Trinajstić information content (AvgIpc) is 2.58. The standard InChI is InChI=1S/C16H22BrN3O2/c17-15-3-1-14(2-4-15)13-18-5-7-19(8-6-18)16(21)20-9-11-22-12-10-20/h1-4H,5-13H2. The van der Waals surface area contributed by atoms with Crippen molar-refractivity contribution in [2.75, 3.05) is 52.5 Å². The number of hydrogen-bond donors (Lipinski definition) is 0. The van der Waals surface area contributed by atoms with Gasteiger partial charge < -0.3 is 14.5 Å². The summed E-state index contributed by atoms with van der Waals surface area (Å²) in [5.41, 5.74) is 1.32. The van der Waals surface area contributed by atoms with Gasteiger partial charge in [0.15, 0.2) is 0 Å². The summed E-state index contributed by atoms with van der Waals surface area (Å²) in [6.45, 7) is 7.21. The van der Waals surface area contributed by atoms with Gasteiger partial charge in [0.05, 0.1) is 13.2 Å². The molecule has 0 bridgehead atoms. The van der Waals surface area contributed by atoms with Crippen molar-refractivity contribution in [3.8, 4) is 0 Å². The van der Waals surface area contributed by atoms with Crippen LogP contribution in [0.3, 0.4) is 0 Å². The molecule has 3 rings (SSSR count). The first-order chi connectivity index (χ1) is 10.7. The monoisotopic (exact) mass is 367 g/mol. The molecular formula is C16H22BrN3O2. The van der Waals surface area contributed by atoms with Crippen molar-refractivity contribution >= 4 is 22.0 Å². The average molecular weight is 368 g/mol. The fourth-order valence-electron chi connectivity index (χ4n) is 2.90. The van der Waals surface area contributed by atoms with Crippen LogP contribution in [0.25, 0.3) is 0 Å². The molecule has 2 amide bonds. The van der Waals surface area contributed by atoms with E-state index in [2.05, 4.69) is 45.1 Å². The maximum atomic E-state index is 12.4. The van der Waals surface area contributed by atoms with Crippen LogP contribution in [0.2, 0.25) is 0 Å². The van der Waals surface area contributed by atoms with E-state index in [0.29, 0.717) is 13.2 Å². The van der Waals surface area contributed by atoms with Gasteiger partial charge in [0.1, 0.15) is 0 Å². The van der Waals surface area contributed by atoms with E-state index in [4.69, 9.17) is 4.74 Å². The van der Waals surface area contributed by atoms with Crippen molar-refractivity contribution in [3.63, 3.8) is 0 Å². The molecule has 0 saturated carbocycles. The molecule has 22 heavy (non-hydrogen) atoms. The van der Waals surface area contributed by atoms with E-state index in [0.717, 1.165) is 50.3 Å². The van der Waals surface area contributed by atoms with Crippen molar-refractivity contribution in [1.82, 2.24) is 14.7 Å². The van der Waals surface area contributed by atoms with Crippen molar-refractivity contribution in [2.24, 2.45) is 0 Å². The number of piperazine rings is 1. The van der Waals surface area contributed by atoms with Crippen LogP contribution < -0.4 is 0 Å². The number of ether oxygens (including phenoxy) is 1. The predicted octanol–water partition coefficient (Wildman–Crippen LogP) is 2.02. The van der Waals surface area contributed by atoms with Crippen molar-refractivity contribution < 1.29 is 9.53 Å². The van der Waals surface area contributed by atoms with Crippen LogP contribution in [0.15, 0.2) is 28.7 Å². The summed E-state index contributed by atoms with van der Waals surface area (Å²) in [5, 5.41) is 0. The Morgan fingerprint density at radius 3 is 2.18 bits per heavy atom. The number of benzene rings is 1. The van der Waals surface area contributed by atoms with E-state index in [1.54, 1.807) is 0 Å². The highest BCUT2D eigenvalue weighted by Gasteiger charge is 2.26. The van der Waals surface area contributed by atoms with Gasteiger partial charge in [0, 0.05) is 50.3 Å². The lowest BCUT2D eigenvalue weighted by Gasteiger charge is -2.38. The van der Waals surface area contributed by atoms with E-state index < -0.39 is 0 Å². The van der Waals surface area contributed by atoms with Gasteiger partial charge in [-0.05, 0) is 17.7 Å². The summed E-state index contributed by atoms with van der Waals surface area (Å²) in [6, 6.07) is 8.62. The maximum Gasteiger partial charge on any atom is 0.320 e. The van der Waals surface area contributed by atoms with Crippen LogP contribution in [0.5, 0.6) is 0 Å². The van der Waals surface area contributed by atoms with Gasteiger partial charge >= 0.3 is 6.03 Å². The summed E-state index contributed by atoms with van der Waals surface area (Å²) < 4.78 is 6.41. The highest BCUT2D eigenvalue weighted by atomic mass is 79.9. The first kappa shape index (κ1) is 15.8. The zero-order valence-electron chi connectivity index (χ0n) is 12.7. The Bertz CT molecular complexity index is 495. The van der Waals surface area contributed by atoms with Gasteiger partial charge in [0.25, 0.3) is 0 Å². The van der Waals surface area contributed by atoms with E-state index >= 15 is 0 Å². The number of nitrogens with zero attached hydrogens (tertiary/aromatic N) is 3. The minimum atomic E-state index is 0.173. The molecule has 1 aromatic rings. The molecule has 120 valence electrons. The number of rotatable bonds is 2. The second-order valence-corrected chi connectivity index (χ2v) is 6.69. The second-order valence-electron chi connectivity index (χ2n) is 5.77. The van der Waals surface area contributed by atoms with Crippen LogP contribution in [-0.2, 0) is 11.3 Å². The zero-order valence-corrected chi connectivity index (χ0v) is 14.3. The molecule has 2 fully saturated rings. The third kappa shape index (κ3) is 4.00. The van der Waals surface area contributed by atoms with Crippen LogP contribution >= 0.6 is 15.9 Å². The van der Waals surface area contributed by atoms with Gasteiger partial charge in [-0.2, -0.15) is 0 Å². The van der Waals surface area contributed by atoms with Gasteiger partial charge in [-0.1, -0.05) is 28.1 Å². The molecule has 0 N–H and O–H groups in total. The summed E-state index contributed by atoms with van der Waals surface area (Å²) in [4.78, 5) is 18.7. The Balaban J connectivity index is 1.47. The summed E-state index contributed by atoms with van der Waals surface area (Å²) >= 11 is 3.46. The minimum Gasteiger partial charge on any atom is -0.378 e. The van der Waals surface area contributed by atoms with Gasteiger partial charge in [-0.25, -0.2) is 4.79 Å². The summed E-state index contributed by atoms with van der Waals surface area (Å²) in [7, 11) is 0. The molecule has 2 heterocycles. The molecule has 2 aliphatic heterocycles. The van der Waals surface area contributed by atoms with Gasteiger partial charge in [0.2, 0.25) is 0 Å². The van der Waals surface area contributed by atoms with Crippen molar-refractivity contribution in [2.45, 2.75) is 6.54 Å². The number of carbonyl (C=O) groups is 1. The molecule has 2 saturated heterocycles. The third-order valence-electron chi connectivity index (χ3n) is 4.24. The third-order valence-corrected chi connectivity index (χ3v) is 4.77. The highest BCUT2D eigenvalue weighted by Crippen LogP contribution is 2.14. The number of morpholine rings is 1. The molecule has 5 nitrogen and oxygen atoms in total. The summed E-state index contributed by atoms with van der Waals surface area (Å²) in [6.07, 6.45) is 0. The number of carbonyl (C=O) groups excluding carboxylic acids is 1. The fraction of sp³-hybridized carbons (Fsp3) is 0.562. The predicted molar refractivity (Wildman–Crippen MR) is 88.8 cm³/mol. The first-order valence-electron chi connectivity index (χ1n) is 7.81. The fourth-order valence-corrected chi connectivity index (χ4v) is 3.16. The molecule has 0 aliphatic carbocycles. The minimum absolute atomic E-state index is 0.173. The highest BCUT2D eigenvalue weighted by molar-refractivity contribution is 9.10. The van der Waals surface area contributed by atoms with E-state index in [1.165, 1.54) is 5.56 Å². The lowest BCUT2D eigenvalue weighted by atomic mass is 10.2. The molecule has 1 aromatic carbocycles. The molecule has 0 aromatic heterocycles. The van der Waals surface area contributed by atoms with E-state index in [-0.39, 0.29) is 6.03 Å². The first-order valence-corrected chi connectivity index (χ1v) is 8.60. The number of halogens is 1. The normalized spacial score (nSPS) is 20.2. The zero-order chi connectivity index (χ0) is 15.4. The Kier molecular flexibility index (Phi) is 5.33. The second kappa shape index (κ2) is 7.44. The van der Waals surface area contributed by atoms with Crippen LogP contribution in [0.1, 0.15) is 5.56 Å². The molecule has 0 radical (unpaired) electrons. The molecule has 0 spiro atoms. The molecule has 0 atom stereocenters. The SMILES string of the molecule is O=C(N1CCOCC1)N1CCN(Cc2ccc(Br)cc2)CC1. The molecule has 2 aliphatic rings. The van der Waals surface area contributed by atoms with E-state index in [9.17, 15) is 4.79 Å². The molecular weight excluding hydrogens is 346 g/mol. The Hall–Kier alpha value is -1.11. The van der Waals surface area contributed by atoms with E-state index in [1.807, 2.05) is 9.80 Å². The number of urea groups is 1. The molecule has 0 unspecified atom stereocenters. The molecule has 6 heteroatoms. The lowest BCUT2D eigenvalue weighted by Crippen LogP contribution is -2.54. The Morgan fingerprint density at radius 1 is 0.955 bits per heavy atom. The Morgan fingerprint density at radius 2 is 1.55 bits per heavy atom. The van der Waals surface area contributed by atoms with Gasteiger partial charge in [-0.15, -0.1) is 0 Å². The Labute approximate surface area is 139 Å². The number of amides is 2. The smallest absolute Gasteiger partial charge is 0.320 e. The lowest BCUT2D eigenvalue weighted by molar-refractivity contribution is 0.0373.